The first-order valence-corrected chi connectivity index (χ1v) is 18.8. The van der Waals surface area contributed by atoms with Crippen molar-refractivity contribution in [2.45, 2.75) is 103 Å². The number of likely N-dealkylation sites (N-methyl/N-ethyl adjacent to an activating group) is 2. The van der Waals surface area contributed by atoms with Gasteiger partial charge in [0, 0.05) is 39.9 Å². The van der Waals surface area contributed by atoms with Gasteiger partial charge in [-0.1, -0.05) is 74.5 Å². The molecule has 0 aromatic heterocycles. The van der Waals surface area contributed by atoms with E-state index in [0.29, 0.717) is 25.7 Å². The van der Waals surface area contributed by atoms with Crippen LogP contribution in [0.4, 0.5) is 0 Å². The third-order valence-electron chi connectivity index (χ3n) is 10.7. The van der Waals surface area contributed by atoms with Crippen LogP contribution in [0.5, 0.6) is 0 Å². The van der Waals surface area contributed by atoms with Gasteiger partial charge in [-0.15, -0.1) is 12.3 Å². The lowest BCUT2D eigenvalue weighted by Gasteiger charge is -2.38. The zero-order chi connectivity index (χ0) is 39.6. The summed E-state index contributed by atoms with van der Waals surface area (Å²) in [6, 6.07) is 14.6. The minimum absolute atomic E-state index is 0.150. The van der Waals surface area contributed by atoms with Crippen LogP contribution >= 0.6 is 0 Å². The van der Waals surface area contributed by atoms with Gasteiger partial charge in [0.25, 0.3) is 0 Å². The van der Waals surface area contributed by atoms with E-state index < -0.39 is 77.7 Å². The second kappa shape index (κ2) is 18.7. The second-order valence-corrected chi connectivity index (χ2v) is 15.2. The number of rotatable bonds is 8. The Labute approximate surface area is 319 Å². The normalized spacial score (nSPS) is 24.9. The van der Waals surface area contributed by atoms with E-state index in [4.69, 9.17) is 11.2 Å². The number of ether oxygens (including phenoxy) is 1. The van der Waals surface area contributed by atoms with Crippen LogP contribution in [0.15, 0.2) is 60.7 Å². The molecule has 2 fully saturated rings. The first kappa shape index (κ1) is 41.6. The molecule has 0 spiro atoms. The molecule has 12 heteroatoms. The minimum atomic E-state index is -1.33. The van der Waals surface area contributed by atoms with Gasteiger partial charge < -0.3 is 30.1 Å². The Morgan fingerprint density at radius 3 is 2.00 bits per heavy atom. The number of hydrogen-bond acceptors (Lipinski definition) is 7. The molecule has 2 aromatic carbocycles. The summed E-state index contributed by atoms with van der Waals surface area (Å²) >= 11 is 0. The fraction of sp³-hybridized carbons (Fsp3) is 0.524. The maximum Gasteiger partial charge on any atom is 0.325 e. The van der Waals surface area contributed by atoms with Crippen LogP contribution in [0, 0.1) is 23.7 Å². The zero-order valence-corrected chi connectivity index (χ0v) is 32.4. The Morgan fingerprint density at radius 1 is 0.852 bits per heavy atom. The lowest BCUT2D eigenvalue weighted by Crippen LogP contribution is -2.60. The van der Waals surface area contributed by atoms with Crippen molar-refractivity contribution in [1.82, 2.24) is 25.3 Å². The standard InChI is InChI=1S/C42H55N5O7/c1-8-9-12-23-34-42(4,5)41(53)44-36(28(2)3)40(52)46(7)33(26-30-20-15-11-16-21-30)39(51)47-24-17-22-31(47)38(50)45(6)32(25-29-18-13-10-14-19-29)37(49)43-27-35(48)54-34/h1,10-11,13-16,18-21,28,31-34,36H,9,12,17,22-27H2,2-7H3,(H,43,49)(H,44,53)/t31-,32+,33-,34+,36+/m0/s1. The van der Waals surface area contributed by atoms with Crippen molar-refractivity contribution >= 4 is 35.5 Å². The van der Waals surface area contributed by atoms with E-state index in [1.54, 1.807) is 34.7 Å². The van der Waals surface area contributed by atoms with Gasteiger partial charge in [-0.25, -0.2) is 0 Å². The van der Waals surface area contributed by atoms with Crippen LogP contribution in [0.1, 0.15) is 70.9 Å². The molecule has 5 atom stereocenters. The molecular formula is C42H55N5O7. The van der Waals surface area contributed by atoms with E-state index >= 15 is 0 Å². The van der Waals surface area contributed by atoms with Gasteiger partial charge in [-0.2, -0.15) is 0 Å². The largest absolute Gasteiger partial charge is 0.460 e. The van der Waals surface area contributed by atoms with Crippen molar-refractivity contribution in [3.05, 3.63) is 71.8 Å². The number of fused-ring (bicyclic) bond motifs is 1. The highest BCUT2D eigenvalue weighted by molar-refractivity contribution is 5.97. The lowest BCUT2D eigenvalue weighted by molar-refractivity contribution is -0.160. The van der Waals surface area contributed by atoms with Crippen molar-refractivity contribution in [2.24, 2.45) is 11.3 Å². The molecule has 4 rings (SSSR count). The number of esters is 1. The summed E-state index contributed by atoms with van der Waals surface area (Å²) in [6.07, 6.45) is 6.89. The van der Waals surface area contributed by atoms with Crippen LogP contribution < -0.4 is 10.6 Å². The molecule has 54 heavy (non-hydrogen) atoms. The smallest absolute Gasteiger partial charge is 0.325 e. The lowest BCUT2D eigenvalue weighted by atomic mass is 9.82. The number of amides is 5. The number of nitrogens with zero attached hydrogens (tertiary/aromatic N) is 3. The first-order chi connectivity index (χ1) is 25.7. The number of carbonyl (C=O) groups is 6. The molecule has 0 saturated carbocycles. The minimum Gasteiger partial charge on any atom is -0.460 e. The molecule has 12 nitrogen and oxygen atoms in total. The molecular weight excluding hydrogens is 686 g/mol. The van der Waals surface area contributed by atoms with Gasteiger partial charge in [0.1, 0.15) is 36.8 Å². The average molecular weight is 742 g/mol. The summed E-state index contributed by atoms with van der Waals surface area (Å²) in [5.41, 5.74) is 0.283. The monoisotopic (exact) mass is 741 g/mol. The molecule has 2 aliphatic rings. The number of benzene rings is 2. The number of terminal acetylenes is 1. The van der Waals surface area contributed by atoms with Crippen molar-refractivity contribution in [3.8, 4) is 12.3 Å². The summed E-state index contributed by atoms with van der Waals surface area (Å²) in [7, 11) is 3.08. The number of cyclic esters (lactones) is 1. The van der Waals surface area contributed by atoms with Gasteiger partial charge in [-0.3, -0.25) is 28.8 Å². The van der Waals surface area contributed by atoms with Crippen molar-refractivity contribution < 1.29 is 33.5 Å². The van der Waals surface area contributed by atoms with E-state index in [-0.39, 0.29) is 31.7 Å². The van der Waals surface area contributed by atoms with E-state index in [2.05, 4.69) is 16.6 Å². The third kappa shape index (κ3) is 10.1. The summed E-state index contributed by atoms with van der Waals surface area (Å²) < 4.78 is 5.89. The molecule has 290 valence electrons. The number of carbonyl (C=O) groups excluding carboxylic acids is 6. The second-order valence-electron chi connectivity index (χ2n) is 15.2. The first-order valence-electron chi connectivity index (χ1n) is 18.8. The molecule has 0 bridgehead atoms. The quantitative estimate of drug-likeness (QED) is 0.240. The zero-order valence-electron chi connectivity index (χ0n) is 32.4. The third-order valence-corrected chi connectivity index (χ3v) is 10.7. The SMILES string of the molecule is C#CCCC[C@H]1OC(=O)CNC(=O)[C@@H](Cc2ccccc2)N(C)C(=O)[C@@H]2CCCN2C(=O)[C@H](Cc2ccccc2)N(C)C(=O)[C@@H](C(C)C)NC(=O)C1(C)C. The van der Waals surface area contributed by atoms with Gasteiger partial charge in [0.15, 0.2) is 0 Å². The van der Waals surface area contributed by atoms with Crippen LogP contribution in [0.3, 0.4) is 0 Å². The van der Waals surface area contributed by atoms with Gasteiger partial charge >= 0.3 is 5.97 Å². The molecule has 0 unspecified atom stereocenters. The highest BCUT2D eigenvalue weighted by Crippen LogP contribution is 2.30. The van der Waals surface area contributed by atoms with Crippen LogP contribution in [-0.4, -0.2) is 108 Å². The molecule has 2 N–H and O–H groups in total. The highest BCUT2D eigenvalue weighted by atomic mass is 16.5. The summed E-state index contributed by atoms with van der Waals surface area (Å²) in [4.78, 5) is 89.1. The summed E-state index contributed by atoms with van der Waals surface area (Å²) in [5.74, 6) is -0.977. The molecule has 2 saturated heterocycles. The van der Waals surface area contributed by atoms with Gasteiger partial charge in [0.05, 0.1) is 5.41 Å². The Kier molecular flexibility index (Phi) is 14.4. The fourth-order valence-corrected chi connectivity index (χ4v) is 7.13. The fourth-order valence-electron chi connectivity index (χ4n) is 7.13. The van der Waals surface area contributed by atoms with Crippen LogP contribution in [0.2, 0.25) is 0 Å². The maximum atomic E-state index is 14.7. The van der Waals surface area contributed by atoms with Crippen molar-refractivity contribution in [1.29, 1.82) is 0 Å². The molecule has 2 aliphatic heterocycles. The van der Waals surface area contributed by atoms with Crippen molar-refractivity contribution in [2.75, 3.05) is 27.2 Å². The molecule has 5 amide bonds. The predicted octanol–water partition coefficient (Wildman–Crippen LogP) is 3.13. The topological polar surface area (TPSA) is 145 Å². The maximum absolute atomic E-state index is 14.7. The Hall–Kier alpha value is -5.18. The van der Waals surface area contributed by atoms with E-state index in [9.17, 15) is 28.8 Å². The number of unbranched alkanes of at least 4 members (excludes halogenated alkanes) is 1. The van der Waals surface area contributed by atoms with E-state index in [1.165, 1.54) is 21.7 Å². The predicted molar refractivity (Wildman–Crippen MR) is 204 cm³/mol. The Morgan fingerprint density at radius 2 is 1.43 bits per heavy atom. The van der Waals surface area contributed by atoms with E-state index in [0.717, 1.165) is 11.1 Å². The molecule has 2 aromatic rings. The van der Waals surface area contributed by atoms with Gasteiger partial charge in [0.2, 0.25) is 29.5 Å². The van der Waals surface area contributed by atoms with Crippen LogP contribution in [-0.2, 0) is 46.3 Å². The molecule has 0 radical (unpaired) electrons. The number of nitrogens with one attached hydrogen (secondary N) is 2. The Balaban J connectivity index is 1.80. The Bertz CT molecular complexity index is 1690. The molecule has 0 aliphatic carbocycles. The summed E-state index contributed by atoms with van der Waals surface area (Å²) in [5, 5.41) is 5.57. The average Bonchev–Trinajstić information content (AvgIpc) is 3.66. The number of hydrogen-bond donors (Lipinski definition) is 2. The van der Waals surface area contributed by atoms with Gasteiger partial charge in [-0.05, 0) is 56.6 Å². The van der Waals surface area contributed by atoms with E-state index in [1.807, 2.05) is 60.7 Å². The molecule has 2 heterocycles. The van der Waals surface area contributed by atoms with Crippen molar-refractivity contribution in [3.63, 3.8) is 0 Å². The highest BCUT2D eigenvalue weighted by Gasteiger charge is 2.45. The summed E-state index contributed by atoms with van der Waals surface area (Å²) in [6.45, 7) is 6.65. The van der Waals surface area contributed by atoms with Crippen LogP contribution in [0.25, 0.3) is 0 Å².